The quantitative estimate of drug-likeness (QED) is 0.828. The summed E-state index contributed by atoms with van der Waals surface area (Å²) in [6, 6.07) is 0. The van der Waals surface area contributed by atoms with Gasteiger partial charge in [-0.3, -0.25) is 4.79 Å². The molecule has 0 aromatic carbocycles. The molecule has 2 rings (SSSR count). The summed E-state index contributed by atoms with van der Waals surface area (Å²) < 4.78 is 5.04. The van der Waals surface area contributed by atoms with Gasteiger partial charge in [0.1, 0.15) is 0 Å². The van der Waals surface area contributed by atoms with E-state index >= 15 is 0 Å². The van der Waals surface area contributed by atoms with Crippen molar-refractivity contribution < 1.29 is 14.4 Å². The molecule has 0 spiro atoms. The van der Waals surface area contributed by atoms with Gasteiger partial charge in [-0.2, -0.15) is 4.98 Å². The summed E-state index contributed by atoms with van der Waals surface area (Å²) in [6.45, 7) is 3.34. The number of hydrogen-bond donors (Lipinski definition) is 2. The van der Waals surface area contributed by atoms with E-state index in [2.05, 4.69) is 20.1 Å². The lowest BCUT2D eigenvalue weighted by Gasteiger charge is -2.10. The Morgan fingerprint density at radius 3 is 2.88 bits per heavy atom. The summed E-state index contributed by atoms with van der Waals surface area (Å²) in [4.78, 5) is 21.8. The number of carbonyl (C=O) groups is 1. The van der Waals surface area contributed by atoms with Crippen LogP contribution in [0, 0.1) is 5.92 Å². The van der Waals surface area contributed by atoms with Crippen LogP contribution in [0.5, 0.6) is 0 Å². The average Bonchev–Trinajstić information content (AvgIpc) is 2.96. The number of imidazole rings is 1. The molecule has 2 aromatic rings. The van der Waals surface area contributed by atoms with Gasteiger partial charge in [0.05, 0.1) is 5.92 Å². The van der Waals surface area contributed by atoms with Crippen LogP contribution in [0.15, 0.2) is 16.9 Å². The van der Waals surface area contributed by atoms with Crippen molar-refractivity contribution in [3.8, 4) is 11.6 Å². The van der Waals surface area contributed by atoms with E-state index in [0.717, 1.165) is 0 Å². The molecule has 0 amide bonds. The molecule has 0 bridgehead atoms. The van der Waals surface area contributed by atoms with Crippen molar-refractivity contribution in [3.63, 3.8) is 0 Å². The van der Waals surface area contributed by atoms with Crippen LogP contribution >= 0.6 is 0 Å². The van der Waals surface area contributed by atoms with E-state index in [1.54, 1.807) is 26.2 Å². The highest BCUT2D eigenvalue weighted by atomic mass is 16.5. The molecule has 0 fully saturated rings. The molecule has 2 unspecified atom stereocenters. The Hall–Kier alpha value is -2.18. The predicted molar refractivity (Wildman–Crippen MR) is 57.1 cm³/mol. The number of rotatable bonds is 4. The van der Waals surface area contributed by atoms with Crippen molar-refractivity contribution in [1.82, 2.24) is 20.1 Å². The SMILES string of the molecule is CC(C(=O)O)C(C)c1nc(-c2ncc[nH]2)no1. The Kier molecular flexibility index (Phi) is 2.90. The minimum atomic E-state index is -0.893. The Morgan fingerprint density at radius 1 is 1.53 bits per heavy atom. The Morgan fingerprint density at radius 2 is 2.29 bits per heavy atom. The van der Waals surface area contributed by atoms with Gasteiger partial charge in [0, 0.05) is 18.3 Å². The molecule has 7 heteroatoms. The smallest absolute Gasteiger partial charge is 0.307 e. The second-order valence-corrected chi connectivity index (χ2v) is 3.81. The van der Waals surface area contributed by atoms with Crippen molar-refractivity contribution in [2.45, 2.75) is 19.8 Å². The molecule has 2 heterocycles. The maximum Gasteiger partial charge on any atom is 0.307 e. The Labute approximate surface area is 96.9 Å². The number of nitrogens with one attached hydrogen (secondary N) is 1. The standard InChI is InChI=1S/C10H12N4O3/c1-5(6(2)10(15)16)9-13-8(14-17-9)7-11-3-4-12-7/h3-6H,1-2H3,(H,11,12)(H,15,16). The van der Waals surface area contributed by atoms with Gasteiger partial charge >= 0.3 is 5.97 Å². The fourth-order valence-electron chi connectivity index (χ4n) is 1.33. The first-order valence-electron chi connectivity index (χ1n) is 5.15. The number of H-pyrrole nitrogens is 1. The Bertz CT molecular complexity index is 505. The molecule has 0 aliphatic heterocycles. The van der Waals surface area contributed by atoms with Gasteiger partial charge < -0.3 is 14.6 Å². The van der Waals surface area contributed by atoms with Crippen LogP contribution in [0.3, 0.4) is 0 Å². The van der Waals surface area contributed by atoms with Crippen LogP contribution < -0.4 is 0 Å². The number of aliphatic carboxylic acids is 1. The molecule has 7 nitrogen and oxygen atoms in total. The number of carboxylic acids is 1. The first kappa shape index (κ1) is 11.3. The first-order valence-corrected chi connectivity index (χ1v) is 5.15. The lowest BCUT2D eigenvalue weighted by atomic mass is 9.96. The van der Waals surface area contributed by atoms with Crippen LogP contribution in [-0.2, 0) is 4.79 Å². The van der Waals surface area contributed by atoms with Gasteiger partial charge in [0.15, 0.2) is 5.82 Å². The molecule has 0 saturated carbocycles. The topological polar surface area (TPSA) is 105 Å². The van der Waals surface area contributed by atoms with Crippen LogP contribution in [0.4, 0.5) is 0 Å². The van der Waals surface area contributed by atoms with Crippen LogP contribution in [0.2, 0.25) is 0 Å². The largest absolute Gasteiger partial charge is 0.481 e. The molecule has 2 atom stereocenters. The van der Waals surface area contributed by atoms with E-state index in [4.69, 9.17) is 9.63 Å². The maximum atomic E-state index is 10.8. The normalized spacial score (nSPS) is 14.5. The molecule has 17 heavy (non-hydrogen) atoms. The van der Waals surface area contributed by atoms with E-state index in [0.29, 0.717) is 17.5 Å². The lowest BCUT2D eigenvalue weighted by molar-refractivity contribution is -0.141. The summed E-state index contributed by atoms with van der Waals surface area (Å²) in [6.07, 6.45) is 3.23. The summed E-state index contributed by atoms with van der Waals surface area (Å²) in [5.74, 6) is -0.699. The van der Waals surface area contributed by atoms with E-state index in [1.165, 1.54) is 0 Å². The molecule has 0 aliphatic carbocycles. The number of hydrogen-bond acceptors (Lipinski definition) is 5. The molecular weight excluding hydrogens is 224 g/mol. The van der Waals surface area contributed by atoms with Crippen LogP contribution in [0.1, 0.15) is 25.7 Å². The highest BCUT2D eigenvalue weighted by Gasteiger charge is 2.26. The monoisotopic (exact) mass is 236 g/mol. The van der Waals surface area contributed by atoms with Gasteiger partial charge in [0.2, 0.25) is 11.7 Å². The molecule has 2 N–H and O–H groups in total. The van der Waals surface area contributed by atoms with Gasteiger partial charge in [-0.05, 0) is 0 Å². The molecule has 0 saturated heterocycles. The third kappa shape index (κ3) is 2.17. The third-order valence-corrected chi connectivity index (χ3v) is 2.68. The molecular formula is C10H12N4O3. The van der Waals surface area contributed by atoms with Gasteiger partial charge in [-0.25, -0.2) is 4.98 Å². The average molecular weight is 236 g/mol. The first-order chi connectivity index (χ1) is 8.09. The van der Waals surface area contributed by atoms with Crippen molar-refractivity contribution in [3.05, 3.63) is 18.3 Å². The predicted octanol–water partition coefficient (Wildman–Crippen LogP) is 1.28. The second kappa shape index (κ2) is 4.36. The van der Waals surface area contributed by atoms with Crippen LogP contribution in [-0.4, -0.2) is 31.2 Å². The zero-order valence-electron chi connectivity index (χ0n) is 9.41. The summed E-state index contributed by atoms with van der Waals surface area (Å²) in [5.41, 5.74) is 0. The highest BCUT2D eigenvalue weighted by Crippen LogP contribution is 2.24. The summed E-state index contributed by atoms with van der Waals surface area (Å²) in [5, 5.41) is 12.6. The minimum Gasteiger partial charge on any atom is -0.481 e. The van der Waals surface area contributed by atoms with E-state index in [9.17, 15) is 4.79 Å². The van der Waals surface area contributed by atoms with E-state index in [-0.39, 0.29) is 5.92 Å². The number of nitrogens with zero attached hydrogens (tertiary/aromatic N) is 3. The van der Waals surface area contributed by atoms with E-state index in [1.807, 2.05) is 0 Å². The fourth-order valence-corrected chi connectivity index (χ4v) is 1.33. The summed E-state index contributed by atoms with van der Waals surface area (Å²) >= 11 is 0. The Balaban J connectivity index is 2.21. The molecule has 0 aliphatic rings. The lowest BCUT2D eigenvalue weighted by Crippen LogP contribution is -2.16. The van der Waals surface area contributed by atoms with Crippen LogP contribution in [0.25, 0.3) is 11.6 Å². The molecule has 2 aromatic heterocycles. The fraction of sp³-hybridized carbons (Fsp3) is 0.400. The van der Waals surface area contributed by atoms with Crippen molar-refractivity contribution in [1.29, 1.82) is 0 Å². The van der Waals surface area contributed by atoms with Gasteiger partial charge in [0.25, 0.3) is 0 Å². The number of aromatic nitrogens is 4. The summed E-state index contributed by atoms with van der Waals surface area (Å²) in [7, 11) is 0. The van der Waals surface area contributed by atoms with E-state index < -0.39 is 11.9 Å². The highest BCUT2D eigenvalue weighted by molar-refractivity contribution is 5.70. The zero-order chi connectivity index (χ0) is 12.4. The van der Waals surface area contributed by atoms with Crippen molar-refractivity contribution in [2.75, 3.05) is 0 Å². The third-order valence-electron chi connectivity index (χ3n) is 2.68. The van der Waals surface area contributed by atoms with Gasteiger partial charge in [-0.15, -0.1) is 0 Å². The maximum absolute atomic E-state index is 10.8. The number of carboxylic acid groups (broad SMARTS) is 1. The van der Waals surface area contributed by atoms with Crippen molar-refractivity contribution in [2.24, 2.45) is 5.92 Å². The van der Waals surface area contributed by atoms with Gasteiger partial charge in [-0.1, -0.05) is 19.0 Å². The number of aromatic amines is 1. The second-order valence-electron chi connectivity index (χ2n) is 3.81. The molecule has 0 radical (unpaired) electrons. The van der Waals surface area contributed by atoms with Crippen molar-refractivity contribution >= 4 is 5.97 Å². The minimum absolute atomic E-state index is 0.298. The molecule has 90 valence electrons. The zero-order valence-corrected chi connectivity index (χ0v) is 9.41.